The van der Waals surface area contributed by atoms with Gasteiger partial charge < -0.3 is 15.1 Å². The molecular weight excluding hydrogens is 526 g/mol. The highest BCUT2D eigenvalue weighted by atomic mass is 32.2. The average Bonchev–Trinajstić information content (AvgIpc) is 3.33. The Morgan fingerprint density at radius 3 is 2.77 bits per heavy atom. The second-order valence-corrected chi connectivity index (χ2v) is 12.4. The Bertz CT molecular complexity index is 1420. The van der Waals surface area contributed by atoms with Crippen LogP contribution in [0.3, 0.4) is 0 Å². The van der Waals surface area contributed by atoms with Crippen LogP contribution in [0.5, 0.6) is 0 Å². The molecule has 9 heteroatoms. The Hall–Kier alpha value is -2.75. The highest BCUT2D eigenvalue weighted by Gasteiger charge is 2.29. The molecule has 204 valence electrons. The van der Waals surface area contributed by atoms with Gasteiger partial charge in [0, 0.05) is 61.4 Å². The van der Waals surface area contributed by atoms with Gasteiger partial charge in [0.15, 0.2) is 5.16 Å². The number of rotatable bonds is 9. The van der Waals surface area contributed by atoms with Gasteiger partial charge >= 0.3 is 0 Å². The Morgan fingerprint density at radius 1 is 1.08 bits per heavy atom. The summed E-state index contributed by atoms with van der Waals surface area (Å²) in [6, 6.07) is 16.2. The zero-order valence-electron chi connectivity index (χ0n) is 22.1. The van der Waals surface area contributed by atoms with Gasteiger partial charge in [-0.1, -0.05) is 42.4 Å². The standard InChI is InChI=1S/C30H35N5O2S2/c36-28(11-14-31-15-18-33-16-12-21-5-1-2-10-27(21)33)34-17-13-26-25(20-34)29(37)35(22-6-3-7-23(38)19-22)30(32-26)39-24-8-4-9-24/h1-3,5-7,10,19,24,31,38H,4,8-9,11-18,20H2. The van der Waals surface area contributed by atoms with E-state index in [0.717, 1.165) is 60.3 Å². The van der Waals surface area contributed by atoms with Crippen LogP contribution in [0.4, 0.5) is 5.69 Å². The predicted molar refractivity (Wildman–Crippen MR) is 160 cm³/mol. The number of nitrogens with one attached hydrogen (secondary N) is 1. The molecule has 1 N–H and O–H groups in total. The smallest absolute Gasteiger partial charge is 0.264 e. The number of amides is 1. The number of thioether (sulfide) groups is 1. The van der Waals surface area contributed by atoms with Crippen LogP contribution < -0.4 is 15.8 Å². The number of thiol groups is 1. The van der Waals surface area contributed by atoms with Crippen LogP contribution in [-0.4, -0.2) is 58.3 Å². The molecule has 1 aromatic heterocycles. The molecule has 3 heterocycles. The maximum atomic E-state index is 13.8. The first-order chi connectivity index (χ1) is 19.1. The zero-order valence-corrected chi connectivity index (χ0v) is 23.9. The Kier molecular flexibility index (Phi) is 7.99. The van der Waals surface area contributed by atoms with E-state index in [1.807, 2.05) is 29.2 Å². The van der Waals surface area contributed by atoms with E-state index in [1.165, 1.54) is 17.7 Å². The van der Waals surface area contributed by atoms with Crippen molar-refractivity contribution in [3.8, 4) is 5.69 Å². The highest BCUT2D eigenvalue weighted by molar-refractivity contribution is 7.99. The molecule has 1 fully saturated rings. The normalized spacial score (nSPS) is 16.6. The van der Waals surface area contributed by atoms with Crippen LogP contribution in [0.2, 0.25) is 0 Å². The lowest BCUT2D eigenvalue weighted by molar-refractivity contribution is -0.132. The quantitative estimate of drug-likeness (QED) is 0.233. The van der Waals surface area contributed by atoms with E-state index >= 15 is 0 Å². The molecule has 0 unspecified atom stereocenters. The third-order valence-corrected chi connectivity index (χ3v) is 9.59. The lowest BCUT2D eigenvalue weighted by atomic mass is 10.0. The lowest BCUT2D eigenvalue weighted by Gasteiger charge is -2.30. The molecular formula is C30H35N5O2S2. The van der Waals surface area contributed by atoms with Gasteiger partial charge in [0.1, 0.15) is 0 Å². The number of nitrogens with zero attached hydrogens (tertiary/aromatic N) is 4. The molecule has 1 aliphatic carbocycles. The van der Waals surface area contributed by atoms with Crippen molar-refractivity contribution in [2.75, 3.05) is 37.6 Å². The molecule has 6 rings (SSSR count). The van der Waals surface area contributed by atoms with E-state index in [-0.39, 0.29) is 11.5 Å². The van der Waals surface area contributed by atoms with Crippen molar-refractivity contribution in [3.63, 3.8) is 0 Å². The second-order valence-electron chi connectivity index (χ2n) is 10.6. The first-order valence-corrected chi connectivity index (χ1v) is 15.3. The third kappa shape index (κ3) is 5.76. The monoisotopic (exact) mass is 561 g/mol. The van der Waals surface area contributed by atoms with Crippen molar-refractivity contribution in [3.05, 3.63) is 75.7 Å². The fraction of sp³-hybridized carbons (Fsp3) is 0.433. The Morgan fingerprint density at radius 2 is 1.95 bits per heavy atom. The molecule has 0 spiro atoms. The average molecular weight is 562 g/mol. The molecule has 2 aliphatic heterocycles. The lowest BCUT2D eigenvalue weighted by Crippen LogP contribution is -2.42. The summed E-state index contributed by atoms with van der Waals surface area (Å²) < 4.78 is 1.73. The summed E-state index contributed by atoms with van der Waals surface area (Å²) in [5, 5.41) is 4.70. The molecule has 3 aromatic rings. The summed E-state index contributed by atoms with van der Waals surface area (Å²) in [6.07, 6.45) is 5.69. The van der Waals surface area contributed by atoms with Crippen LogP contribution in [0.1, 0.15) is 42.5 Å². The van der Waals surface area contributed by atoms with Gasteiger partial charge in [-0.15, -0.1) is 12.6 Å². The van der Waals surface area contributed by atoms with E-state index in [1.54, 1.807) is 16.3 Å². The van der Waals surface area contributed by atoms with Gasteiger partial charge in [-0.25, -0.2) is 4.98 Å². The highest BCUT2D eigenvalue weighted by Crippen LogP contribution is 2.36. The van der Waals surface area contributed by atoms with Crippen LogP contribution in [0.25, 0.3) is 5.69 Å². The number of para-hydroxylation sites is 1. The molecule has 2 aromatic carbocycles. The largest absolute Gasteiger partial charge is 0.370 e. The first-order valence-electron chi connectivity index (χ1n) is 14.0. The number of hydrogen-bond donors (Lipinski definition) is 2. The minimum Gasteiger partial charge on any atom is -0.370 e. The molecule has 39 heavy (non-hydrogen) atoms. The van der Waals surface area contributed by atoms with Crippen molar-refractivity contribution in [2.45, 2.75) is 60.4 Å². The summed E-state index contributed by atoms with van der Waals surface area (Å²) >= 11 is 6.20. The van der Waals surface area contributed by atoms with Gasteiger partial charge in [0.2, 0.25) is 5.91 Å². The number of anilines is 1. The fourth-order valence-electron chi connectivity index (χ4n) is 5.58. The minimum atomic E-state index is -0.0673. The van der Waals surface area contributed by atoms with E-state index in [4.69, 9.17) is 4.98 Å². The van der Waals surface area contributed by atoms with Gasteiger partial charge in [-0.3, -0.25) is 14.2 Å². The van der Waals surface area contributed by atoms with E-state index in [2.05, 4.69) is 47.1 Å². The van der Waals surface area contributed by atoms with Crippen molar-refractivity contribution < 1.29 is 4.79 Å². The summed E-state index contributed by atoms with van der Waals surface area (Å²) in [7, 11) is 0. The molecule has 0 radical (unpaired) electrons. The van der Waals surface area contributed by atoms with Gasteiger partial charge in [0.25, 0.3) is 5.56 Å². The first kappa shape index (κ1) is 26.5. The molecule has 0 atom stereocenters. The molecule has 7 nitrogen and oxygen atoms in total. The second kappa shape index (κ2) is 11.8. The van der Waals surface area contributed by atoms with Gasteiger partial charge in [0.05, 0.1) is 23.5 Å². The molecule has 0 saturated heterocycles. The number of carbonyl (C=O) groups excluding carboxylic acids is 1. The zero-order chi connectivity index (χ0) is 26.8. The fourth-order valence-corrected chi connectivity index (χ4v) is 7.12. The summed E-state index contributed by atoms with van der Waals surface area (Å²) in [6.45, 7) is 4.38. The summed E-state index contributed by atoms with van der Waals surface area (Å²) in [5.74, 6) is 0.0795. The van der Waals surface area contributed by atoms with Crippen LogP contribution >= 0.6 is 24.4 Å². The Labute approximate surface area is 239 Å². The van der Waals surface area contributed by atoms with Crippen molar-refractivity contribution in [2.24, 2.45) is 0 Å². The van der Waals surface area contributed by atoms with Gasteiger partial charge in [-0.2, -0.15) is 0 Å². The van der Waals surface area contributed by atoms with E-state index < -0.39 is 0 Å². The molecule has 3 aliphatic rings. The van der Waals surface area contributed by atoms with Crippen LogP contribution in [-0.2, 0) is 24.2 Å². The molecule has 1 saturated carbocycles. The number of benzene rings is 2. The molecule has 0 bridgehead atoms. The Balaban J connectivity index is 1.09. The minimum absolute atomic E-state index is 0.0673. The van der Waals surface area contributed by atoms with E-state index in [0.29, 0.717) is 43.3 Å². The van der Waals surface area contributed by atoms with E-state index in [9.17, 15) is 9.59 Å². The van der Waals surface area contributed by atoms with Gasteiger partial charge in [-0.05, 0) is 49.1 Å². The SMILES string of the molecule is O=C(CCNCCN1CCc2ccccc21)N1CCc2nc(SC3CCC3)n(-c3cccc(S)c3)c(=O)c2C1. The van der Waals surface area contributed by atoms with Crippen LogP contribution in [0, 0.1) is 0 Å². The summed E-state index contributed by atoms with van der Waals surface area (Å²) in [5.41, 5.74) is 4.93. The van der Waals surface area contributed by atoms with Crippen molar-refractivity contribution >= 4 is 36.0 Å². The van der Waals surface area contributed by atoms with Crippen molar-refractivity contribution in [1.82, 2.24) is 19.8 Å². The van der Waals surface area contributed by atoms with Crippen molar-refractivity contribution in [1.29, 1.82) is 0 Å². The topological polar surface area (TPSA) is 70.5 Å². The maximum absolute atomic E-state index is 13.8. The predicted octanol–water partition coefficient (Wildman–Crippen LogP) is 4.09. The maximum Gasteiger partial charge on any atom is 0.264 e. The number of fused-ring (bicyclic) bond motifs is 2. The number of carbonyl (C=O) groups is 1. The van der Waals surface area contributed by atoms with Crippen LogP contribution in [0.15, 0.2) is 63.4 Å². The third-order valence-electron chi connectivity index (χ3n) is 8.02. The number of hydrogen-bond acceptors (Lipinski definition) is 7. The molecule has 1 amide bonds. The number of aromatic nitrogens is 2. The summed E-state index contributed by atoms with van der Waals surface area (Å²) in [4.78, 5) is 36.9.